The summed E-state index contributed by atoms with van der Waals surface area (Å²) in [5, 5.41) is 0. The van der Waals surface area contributed by atoms with Crippen LogP contribution in [0.25, 0.3) is 16.3 Å². The highest BCUT2D eigenvalue weighted by Gasteiger charge is 2.08. The Labute approximate surface area is 156 Å². The van der Waals surface area contributed by atoms with Crippen molar-refractivity contribution < 1.29 is 9.53 Å². The van der Waals surface area contributed by atoms with Gasteiger partial charge >= 0.3 is 0 Å². The molecule has 0 radical (unpaired) electrons. The normalized spacial score (nSPS) is 11.8. The number of rotatable bonds is 5. The van der Waals surface area contributed by atoms with Crippen LogP contribution in [-0.2, 0) is 11.3 Å². The molecule has 1 heterocycles. The van der Waals surface area contributed by atoms with E-state index in [2.05, 4.69) is 10.9 Å². The van der Waals surface area contributed by atoms with Gasteiger partial charge in [0.15, 0.2) is 4.80 Å². The molecule has 130 valence electrons. The van der Waals surface area contributed by atoms with Crippen LogP contribution >= 0.6 is 11.3 Å². The van der Waals surface area contributed by atoms with Gasteiger partial charge < -0.3 is 9.30 Å². The van der Waals surface area contributed by atoms with E-state index in [-0.39, 0.29) is 5.91 Å². The summed E-state index contributed by atoms with van der Waals surface area (Å²) >= 11 is 1.42. The second-order valence-corrected chi connectivity index (χ2v) is 6.44. The predicted octanol–water partition coefficient (Wildman–Crippen LogP) is 3.88. The maximum absolute atomic E-state index is 12.3. The minimum atomic E-state index is -0.323. The first-order valence-electron chi connectivity index (χ1n) is 8.22. The third-order valence-electron chi connectivity index (χ3n) is 3.64. The van der Waals surface area contributed by atoms with E-state index >= 15 is 0 Å². The van der Waals surface area contributed by atoms with E-state index in [1.807, 2.05) is 60.0 Å². The van der Waals surface area contributed by atoms with Crippen LogP contribution in [-0.4, -0.2) is 17.1 Å². The lowest BCUT2D eigenvalue weighted by Crippen LogP contribution is -2.15. The molecule has 0 aliphatic heterocycles. The van der Waals surface area contributed by atoms with Crippen LogP contribution in [0.15, 0.2) is 59.6 Å². The average Bonchev–Trinajstić information content (AvgIpc) is 2.98. The van der Waals surface area contributed by atoms with Gasteiger partial charge in [-0.1, -0.05) is 47.6 Å². The fraction of sp³-hybridized carbons (Fsp3) is 0.143. The molecular weight excluding hydrogens is 344 g/mol. The van der Waals surface area contributed by atoms with Crippen LogP contribution in [0.3, 0.4) is 0 Å². The zero-order valence-corrected chi connectivity index (χ0v) is 15.2. The second kappa shape index (κ2) is 8.32. The molecule has 1 amide bonds. The van der Waals surface area contributed by atoms with Gasteiger partial charge in [-0.2, -0.15) is 4.99 Å². The van der Waals surface area contributed by atoms with Crippen molar-refractivity contribution in [3.05, 3.63) is 65.0 Å². The molecule has 0 saturated heterocycles. The Morgan fingerprint density at radius 1 is 1.31 bits per heavy atom. The van der Waals surface area contributed by atoms with Crippen molar-refractivity contribution in [1.29, 1.82) is 0 Å². The van der Waals surface area contributed by atoms with Crippen LogP contribution in [0.1, 0.15) is 12.5 Å². The fourth-order valence-electron chi connectivity index (χ4n) is 2.50. The first-order valence-corrected chi connectivity index (χ1v) is 9.04. The molecule has 0 aliphatic rings. The molecule has 0 atom stereocenters. The second-order valence-electron chi connectivity index (χ2n) is 5.43. The molecule has 26 heavy (non-hydrogen) atoms. The Morgan fingerprint density at radius 2 is 2.12 bits per heavy atom. The maximum atomic E-state index is 12.3. The van der Waals surface area contributed by atoms with Gasteiger partial charge in [-0.25, -0.2) is 0 Å². The van der Waals surface area contributed by atoms with Crippen LogP contribution < -0.4 is 9.54 Å². The van der Waals surface area contributed by atoms with E-state index in [1.54, 1.807) is 6.08 Å². The number of hydrogen-bond donors (Lipinski definition) is 0. The van der Waals surface area contributed by atoms with Crippen molar-refractivity contribution in [1.82, 2.24) is 4.57 Å². The average molecular weight is 362 g/mol. The smallest absolute Gasteiger partial charge is 0.272 e. The summed E-state index contributed by atoms with van der Waals surface area (Å²) in [7, 11) is 0. The number of aromatic nitrogens is 1. The molecule has 0 N–H and O–H groups in total. The first kappa shape index (κ1) is 17.7. The van der Waals surface area contributed by atoms with E-state index in [0.29, 0.717) is 18.0 Å². The lowest BCUT2D eigenvalue weighted by molar-refractivity contribution is -0.113. The van der Waals surface area contributed by atoms with Gasteiger partial charge in [0.25, 0.3) is 5.91 Å². The van der Waals surface area contributed by atoms with Gasteiger partial charge in [0.05, 0.1) is 23.4 Å². The van der Waals surface area contributed by atoms with Gasteiger partial charge in [0.2, 0.25) is 0 Å². The number of amides is 1. The summed E-state index contributed by atoms with van der Waals surface area (Å²) in [6.07, 6.45) is 8.70. The Balaban J connectivity index is 1.98. The highest BCUT2D eigenvalue weighted by Crippen LogP contribution is 2.23. The summed E-state index contributed by atoms with van der Waals surface area (Å²) in [5.41, 5.74) is 1.89. The van der Waals surface area contributed by atoms with Gasteiger partial charge in [-0.15, -0.1) is 6.42 Å². The summed E-state index contributed by atoms with van der Waals surface area (Å²) in [6.45, 7) is 2.89. The summed E-state index contributed by atoms with van der Waals surface area (Å²) in [5.74, 6) is 3.09. The highest BCUT2D eigenvalue weighted by atomic mass is 32.1. The van der Waals surface area contributed by atoms with Crippen molar-refractivity contribution in [2.75, 3.05) is 6.61 Å². The number of benzene rings is 2. The summed E-state index contributed by atoms with van der Waals surface area (Å²) < 4.78 is 8.38. The van der Waals surface area contributed by atoms with Crippen molar-refractivity contribution >= 4 is 33.5 Å². The third kappa shape index (κ3) is 4.11. The number of thiazole rings is 1. The molecule has 0 unspecified atom stereocenters. The molecule has 0 spiro atoms. The number of carbonyl (C=O) groups is 1. The lowest BCUT2D eigenvalue weighted by atomic mass is 10.2. The van der Waals surface area contributed by atoms with Gasteiger partial charge in [0, 0.05) is 6.08 Å². The maximum Gasteiger partial charge on any atom is 0.272 e. The molecule has 0 bridgehead atoms. The minimum absolute atomic E-state index is 0.323. The van der Waals surface area contributed by atoms with Gasteiger partial charge in [-0.05, 0) is 36.8 Å². The molecule has 3 rings (SSSR count). The third-order valence-corrected chi connectivity index (χ3v) is 4.68. The van der Waals surface area contributed by atoms with E-state index in [4.69, 9.17) is 11.2 Å². The number of terminal acetylenes is 1. The number of carbonyl (C=O) groups excluding carboxylic acids is 1. The monoisotopic (exact) mass is 362 g/mol. The molecule has 1 aromatic heterocycles. The molecule has 2 aromatic carbocycles. The van der Waals surface area contributed by atoms with Crippen LogP contribution in [0, 0.1) is 12.3 Å². The van der Waals surface area contributed by atoms with Crippen LogP contribution in [0.2, 0.25) is 0 Å². The standard InChI is InChI=1S/C21H18N2O2S/c1-3-14-23-18-12-11-17(25-4-2)15-19(18)26-21(23)22-20(24)13-10-16-8-6-5-7-9-16/h1,5-13,15H,4,14H2,2H3/b13-10+,22-21?. The molecular formula is C21H18N2O2S. The zero-order chi connectivity index (χ0) is 18.4. The molecule has 0 saturated carbocycles. The molecule has 5 heteroatoms. The fourth-order valence-corrected chi connectivity index (χ4v) is 3.57. The zero-order valence-electron chi connectivity index (χ0n) is 14.4. The van der Waals surface area contributed by atoms with Crippen molar-refractivity contribution in [2.45, 2.75) is 13.5 Å². The van der Waals surface area contributed by atoms with Crippen molar-refractivity contribution in [2.24, 2.45) is 4.99 Å². The quantitative estimate of drug-likeness (QED) is 0.511. The number of hydrogen-bond acceptors (Lipinski definition) is 3. The summed E-state index contributed by atoms with van der Waals surface area (Å²) in [6, 6.07) is 15.4. The van der Waals surface area contributed by atoms with E-state index in [1.165, 1.54) is 17.4 Å². The van der Waals surface area contributed by atoms with Crippen LogP contribution in [0.4, 0.5) is 0 Å². The highest BCUT2D eigenvalue weighted by molar-refractivity contribution is 7.16. The minimum Gasteiger partial charge on any atom is -0.494 e. The molecule has 0 aliphatic carbocycles. The van der Waals surface area contributed by atoms with Gasteiger partial charge in [-0.3, -0.25) is 4.79 Å². The van der Waals surface area contributed by atoms with Gasteiger partial charge in [0.1, 0.15) is 5.75 Å². The van der Waals surface area contributed by atoms with Crippen molar-refractivity contribution in [3.8, 4) is 18.1 Å². The molecule has 0 fully saturated rings. The van der Waals surface area contributed by atoms with E-state index < -0.39 is 0 Å². The van der Waals surface area contributed by atoms with E-state index in [0.717, 1.165) is 21.5 Å². The number of nitrogens with zero attached hydrogens (tertiary/aromatic N) is 2. The Hall–Kier alpha value is -3.10. The molecule has 3 aromatic rings. The topological polar surface area (TPSA) is 43.6 Å². The number of ether oxygens (including phenoxy) is 1. The Bertz CT molecular complexity index is 1050. The Kier molecular flexibility index (Phi) is 5.67. The van der Waals surface area contributed by atoms with E-state index in [9.17, 15) is 4.79 Å². The number of fused-ring (bicyclic) bond motifs is 1. The first-order chi connectivity index (χ1) is 12.7. The summed E-state index contributed by atoms with van der Waals surface area (Å²) in [4.78, 5) is 17.1. The largest absolute Gasteiger partial charge is 0.494 e. The predicted molar refractivity (Wildman–Crippen MR) is 106 cm³/mol. The Morgan fingerprint density at radius 3 is 2.85 bits per heavy atom. The molecule has 4 nitrogen and oxygen atoms in total. The van der Waals surface area contributed by atoms with Crippen molar-refractivity contribution in [3.63, 3.8) is 0 Å². The van der Waals surface area contributed by atoms with Crippen LogP contribution in [0.5, 0.6) is 5.75 Å². The lowest BCUT2D eigenvalue weighted by Gasteiger charge is -2.03. The SMILES string of the molecule is C#CCn1c(=NC(=O)/C=C/c2ccccc2)sc2cc(OCC)ccc21.